The second kappa shape index (κ2) is 5.88. The average Bonchev–Trinajstić information content (AvgIpc) is 3.02. The number of carbonyl (C=O) groups excluding carboxylic acids is 1. The molecule has 2 aromatic heterocycles. The van der Waals surface area contributed by atoms with Gasteiger partial charge < -0.3 is 5.32 Å². The first-order valence-electron chi connectivity index (χ1n) is 6.26. The molecule has 0 fully saturated rings. The number of pyridine rings is 1. The molecular weight excluding hydrogens is 332 g/mol. The van der Waals surface area contributed by atoms with Gasteiger partial charge >= 0.3 is 0 Å². The summed E-state index contributed by atoms with van der Waals surface area (Å²) in [6.45, 7) is 0. The Morgan fingerprint density at radius 1 is 1.10 bits per heavy atom. The van der Waals surface area contributed by atoms with Crippen molar-refractivity contribution >= 4 is 27.5 Å². The van der Waals surface area contributed by atoms with Crippen LogP contribution in [0.15, 0.2) is 65.5 Å². The minimum absolute atomic E-state index is 0.255. The Labute approximate surface area is 129 Å². The van der Waals surface area contributed by atoms with Crippen molar-refractivity contribution in [3.63, 3.8) is 0 Å². The van der Waals surface area contributed by atoms with Crippen LogP contribution in [0.5, 0.6) is 0 Å². The summed E-state index contributed by atoms with van der Waals surface area (Å²) >= 11 is 3.31. The molecule has 0 aliphatic carbocycles. The van der Waals surface area contributed by atoms with Gasteiger partial charge in [0.2, 0.25) is 0 Å². The number of benzene rings is 1. The van der Waals surface area contributed by atoms with Crippen LogP contribution in [-0.4, -0.2) is 20.7 Å². The predicted octanol–water partition coefficient (Wildman–Crippen LogP) is 3.28. The highest BCUT2D eigenvalue weighted by atomic mass is 79.9. The third kappa shape index (κ3) is 3.00. The maximum atomic E-state index is 12.1. The number of hydrogen-bond donors (Lipinski definition) is 1. The van der Waals surface area contributed by atoms with Gasteiger partial charge in [0, 0.05) is 28.8 Å². The summed E-state index contributed by atoms with van der Waals surface area (Å²) in [7, 11) is 0. The Morgan fingerprint density at radius 3 is 2.57 bits per heavy atom. The highest BCUT2D eigenvalue weighted by Crippen LogP contribution is 2.17. The monoisotopic (exact) mass is 342 g/mol. The van der Waals surface area contributed by atoms with Crippen molar-refractivity contribution in [1.82, 2.24) is 14.8 Å². The molecule has 3 rings (SSSR count). The molecule has 6 heteroatoms. The van der Waals surface area contributed by atoms with Crippen LogP contribution in [-0.2, 0) is 0 Å². The largest absolute Gasteiger partial charge is 0.321 e. The molecule has 0 aliphatic rings. The van der Waals surface area contributed by atoms with Crippen molar-refractivity contribution in [2.45, 2.75) is 0 Å². The Morgan fingerprint density at radius 2 is 1.90 bits per heavy atom. The molecule has 3 aromatic rings. The SMILES string of the molecule is O=C(Nc1ccc(-n2cccn2)cc1)c1ncccc1Br. The standard InChI is InChI=1S/C15H11BrN4O/c16-13-3-1-8-17-14(13)15(21)19-11-4-6-12(7-5-11)20-10-2-9-18-20/h1-10H,(H,19,21). The van der Waals surface area contributed by atoms with Gasteiger partial charge in [0.1, 0.15) is 5.69 Å². The molecule has 1 amide bonds. The van der Waals surface area contributed by atoms with Crippen molar-refractivity contribution < 1.29 is 4.79 Å². The van der Waals surface area contributed by atoms with Gasteiger partial charge in [-0.05, 0) is 58.4 Å². The van der Waals surface area contributed by atoms with E-state index in [1.165, 1.54) is 0 Å². The average molecular weight is 343 g/mol. The molecule has 104 valence electrons. The molecule has 0 spiro atoms. The van der Waals surface area contributed by atoms with E-state index in [1.807, 2.05) is 36.5 Å². The van der Waals surface area contributed by atoms with Crippen LogP contribution < -0.4 is 5.32 Å². The normalized spacial score (nSPS) is 10.3. The smallest absolute Gasteiger partial charge is 0.275 e. The maximum absolute atomic E-state index is 12.1. The molecule has 1 N–H and O–H groups in total. The Hall–Kier alpha value is -2.47. The summed E-state index contributed by atoms with van der Waals surface area (Å²) in [4.78, 5) is 16.2. The summed E-state index contributed by atoms with van der Waals surface area (Å²) in [5, 5.41) is 6.96. The van der Waals surface area contributed by atoms with Crippen LogP contribution in [0.2, 0.25) is 0 Å². The van der Waals surface area contributed by atoms with Gasteiger partial charge in [-0.2, -0.15) is 5.10 Å². The fourth-order valence-electron chi connectivity index (χ4n) is 1.86. The quantitative estimate of drug-likeness (QED) is 0.794. The van der Waals surface area contributed by atoms with E-state index in [2.05, 4.69) is 31.3 Å². The van der Waals surface area contributed by atoms with E-state index in [0.29, 0.717) is 15.9 Å². The summed E-state index contributed by atoms with van der Waals surface area (Å²) in [6, 6.07) is 12.8. The number of rotatable bonds is 3. The van der Waals surface area contributed by atoms with Crippen molar-refractivity contribution in [2.75, 3.05) is 5.32 Å². The Bertz CT molecular complexity index is 754. The highest BCUT2D eigenvalue weighted by Gasteiger charge is 2.11. The van der Waals surface area contributed by atoms with Gasteiger partial charge in [0.15, 0.2) is 0 Å². The van der Waals surface area contributed by atoms with E-state index in [4.69, 9.17) is 0 Å². The lowest BCUT2D eigenvalue weighted by atomic mass is 10.2. The van der Waals surface area contributed by atoms with Gasteiger partial charge in [-0.1, -0.05) is 0 Å². The number of hydrogen-bond acceptors (Lipinski definition) is 3. The maximum Gasteiger partial charge on any atom is 0.275 e. The molecule has 0 saturated heterocycles. The number of nitrogens with one attached hydrogen (secondary N) is 1. The Kier molecular flexibility index (Phi) is 3.79. The summed E-state index contributed by atoms with van der Waals surface area (Å²) < 4.78 is 2.41. The molecular formula is C15H11BrN4O. The van der Waals surface area contributed by atoms with Crippen molar-refractivity contribution in [2.24, 2.45) is 0 Å². The topological polar surface area (TPSA) is 59.8 Å². The van der Waals surface area contributed by atoms with Crippen molar-refractivity contribution in [1.29, 1.82) is 0 Å². The van der Waals surface area contributed by atoms with E-state index >= 15 is 0 Å². The van der Waals surface area contributed by atoms with Crippen LogP contribution in [0.4, 0.5) is 5.69 Å². The first-order chi connectivity index (χ1) is 10.2. The summed E-state index contributed by atoms with van der Waals surface area (Å²) in [5.41, 5.74) is 1.99. The number of anilines is 1. The lowest BCUT2D eigenvalue weighted by molar-refractivity contribution is 0.102. The van der Waals surface area contributed by atoms with Crippen molar-refractivity contribution in [3.8, 4) is 5.69 Å². The molecule has 5 nitrogen and oxygen atoms in total. The predicted molar refractivity (Wildman–Crippen MR) is 83.5 cm³/mol. The third-order valence-corrected chi connectivity index (χ3v) is 3.51. The zero-order chi connectivity index (χ0) is 14.7. The second-order valence-electron chi connectivity index (χ2n) is 4.29. The van der Waals surface area contributed by atoms with Gasteiger partial charge in [-0.25, -0.2) is 9.67 Å². The molecule has 1 aromatic carbocycles. The molecule has 0 aliphatic heterocycles. The van der Waals surface area contributed by atoms with E-state index in [9.17, 15) is 4.79 Å². The zero-order valence-electron chi connectivity index (χ0n) is 10.9. The fourth-order valence-corrected chi connectivity index (χ4v) is 2.30. The number of halogens is 1. The number of nitrogens with zero attached hydrogens (tertiary/aromatic N) is 3. The Balaban J connectivity index is 1.77. The van der Waals surface area contributed by atoms with Crippen LogP contribution in [0, 0.1) is 0 Å². The minimum Gasteiger partial charge on any atom is -0.321 e. The molecule has 21 heavy (non-hydrogen) atoms. The van der Waals surface area contributed by atoms with E-state index < -0.39 is 0 Å². The number of aromatic nitrogens is 3. The second-order valence-corrected chi connectivity index (χ2v) is 5.14. The van der Waals surface area contributed by atoms with Crippen LogP contribution >= 0.6 is 15.9 Å². The lowest BCUT2D eigenvalue weighted by Gasteiger charge is -2.07. The van der Waals surface area contributed by atoms with Gasteiger partial charge in [0.25, 0.3) is 5.91 Å². The number of carbonyl (C=O) groups is 1. The highest BCUT2D eigenvalue weighted by molar-refractivity contribution is 9.10. The van der Waals surface area contributed by atoms with Gasteiger partial charge in [0.05, 0.1) is 5.69 Å². The van der Waals surface area contributed by atoms with Crippen LogP contribution in [0.3, 0.4) is 0 Å². The summed E-state index contributed by atoms with van der Waals surface area (Å²) in [6.07, 6.45) is 5.16. The third-order valence-electron chi connectivity index (χ3n) is 2.87. The first kappa shape index (κ1) is 13.5. The van der Waals surface area contributed by atoms with E-state index in [0.717, 1.165) is 5.69 Å². The van der Waals surface area contributed by atoms with E-state index in [-0.39, 0.29) is 5.91 Å². The molecule has 2 heterocycles. The van der Waals surface area contributed by atoms with Gasteiger partial charge in [-0.3, -0.25) is 4.79 Å². The van der Waals surface area contributed by atoms with Gasteiger partial charge in [-0.15, -0.1) is 0 Å². The van der Waals surface area contributed by atoms with Crippen LogP contribution in [0.25, 0.3) is 5.69 Å². The molecule has 0 unspecified atom stereocenters. The first-order valence-corrected chi connectivity index (χ1v) is 7.05. The lowest BCUT2D eigenvalue weighted by Crippen LogP contribution is -2.14. The number of amides is 1. The molecule has 0 bridgehead atoms. The fraction of sp³-hybridized carbons (Fsp3) is 0. The van der Waals surface area contributed by atoms with E-state index in [1.54, 1.807) is 29.2 Å². The molecule has 0 saturated carbocycles. The molecule has 0 radical (unpaired) electrons. The molecule has 0 atom stereocenters. The van der Waals surface area contributed by atoms with Crippen LogP contribution in [0.1, 0.15) is 10.5 Å². The van der Waals surface area contributed by atoms with Crippen molar-refractivity contribution in [3.05, 3.63) is 71.2 Å². The minimum atomic E-state index is -0.255. The summed E-state index contributed by atoms with van der Waals surface area (Å²) in [5.74, 6) is -0.255. The zero-order valence-corrected chi connectivity index (χ0v) is 12.5.